The summed E-state index contributed by atoms with van der Waals surface area (Å²) in [6, 6.07) is 19.0. The third kappa shape index (κ3) is 3.21. The number of amides is 1. The van der Waals surface area contributed by atoms with Crippen LogP contribution in [0.4, 0.5) is 10.5 Å². The number of fused-ring (bicyclic) bond motifs is 1. The number of ether oxygens (including phenoxy) is 1. The van der Waals surface area contributed by atoms with Gasteiger partial charge in [0.05, 0.1) is 0 Å². The number of pyridine rings is 1. The Balaban J connectivity index is 1.46. The van der Waals surface area contributed by atoms with Gasteiger partial charge in [0.25, 0.3) is 0 Å². The number of para-hydroxylation sites is 1. The smallest absolute Gasteiger partial charge is 0.408 e. The highest BCUT2D eigenvalue weighted by molar-refractivity contribution is 5.92. The molecule has 2 aromatic heterocycles. The average molecular weight is 329 g/mol. The van der Waals surface area contributed by atoms with Crippen molar-refractivity contribution in [3.8, 4) is 16.9 Å². The molecule has 0 fully saturated rings. The Labute approximate surface area is 144 Å². The zero-order valence-electron chi connectivity index (χ0n) is 13.3. The number of H-pyrrole nitrogens is 1. The molecule has 2 N–H and O–H groups in total. The molecule has 4 aromatic rings. The molecule has 0 spiro atoms. The molecule has 1 amide bonds. The van der Waals surface area contributed by atoms with Gasteiger partial charge in [-0.1, -0.05) is 30.3 Å². The van der Waals surface area contributed by atoms with Gasteiger partial charge < -0.3 is 9.72 Å². The number of nitrogens with zero attached hydrogens (tertiary/aromatic N) is 1. The molecule has 4 rings (SSSR count). The van der Waals surface area contributed by atoms with Crippen LogP contribution in [0.3, 0.4) is 0 Å². The van der Waals surface area contributed by atoms with Gasteiger partial charge >= 0.3 is 6.09 Å². The molecule has 25 heavy (non-hydrogen) atoms. The molecule has 0 saturated heterocycles. The summed E-state index contributed by atoms with van der Waals surface area (Å²) in [6.07, 6.45) is 4.68. The van der Waals surface area contributed by atoms with Crippen molar-refractivity contribution in [2.24, 2.45) is 0 Å². The van der Waals surface area contributed by atoms with Crippen molar-refractivity contribution in [3.63, 3.8) is 0 Å². The number of benzene rings is 2. The molecule has 5 nitrogen and oxygen atoms in total. The van der Waals surface area contributed by atoms with Crippen LogP contribution >= 0.6 is 0 Å². The summed E-state index contributed by atoms with van der Waals surface area (Å²) in [5.41, 5.74) is 3.64. The molecule has 0 aliphatic carbocycles. The minimum absolute atomic E-state index is 0.500. The maximum Gasteiger partial charge on any atom is 0.417 e. The van der Waals surface area contributed by atoms with E-state index in [2.05, 4.69) is 15.3 Å². The summed E-state index contributed by atoms with van der Waals surface area (Å²) in [4.78, 5) is 19.3. The van der Waals surface area contributed by atoms with Gasteiger partial charge in [0.15, 0.2) is 5.75 Å². The molecule has 0 aliphatic heterocycles. The van der Waals surface area contributed by atoms with E-state index >= 15 is 0 Å². The highest BCUT2D eigenvalue weighted by atomic mass is 16.6. The molecule has 0 radical (unpaired) electrons. The van der Waals surface area contributed by atoms with Gasteiger partial charge in [0, 0.05) is 35.2 Å². The van der Waals surface area contributed by atoms with Crippen molar-refractivity contribution in [2.75, 3.05) is 5.32 Å². The lowest BCUT2D eigenvalue weighted by molar-refractivity contribution is 0.215. The van der Waals surface area contributed by atoms with Gasteiger partial charge in [0.2, 0.25) is 0 Å². The van der Waals surface area contributed by atoms with Crippen LogP contribution in [0.2, 0.25) is 0 Å². The predicted molar refractivity (Wildman–Crippen MR) is 97.6 cm³/mol. The molecule has 5 heteroatoms. The van der Waals surface area contributed by atoms with Crippen molar-refractivity contribution < 1.29 is 9.53 Å². The second-order valence-corrected chi connectivity index (χ2v) is 5.53. The van der Waals surface area contributed by atoms with Gasteiger partial charge in [-0.05, 0) is 41.5 Å². The summed E-state index contributed by atoms with van der Waals surface area (Å²) in [5, 5.41) is 3.60. The Bertz CT molecular complexity index is 1010. The molecular formula is C20H15N3O2. The van der Waals surface area contributed by atoms with E-state index in [1.165, 1.54) is 0 Å². The first-order valence-corrected chi connectivity index (χ1v) is 7.85. The summed E-state index contributed by atoms with van der Waals surface area (Å²) >= 11 is 0. The van der Waals surface area contributed by atoms with Crippen LogP contribution in [-0.2, 0) is 0 Å². The predicted octanol–water partition coefficient (Wildman–Crippen LogP) is 4.84. The van der Waals surface area contributed by atoms with E-state index in [1.54, 1.807) is 18.6 Å². The number of rotatable bonds is 3. The highest BCUT2D eigenvalue weighted by Crippen LogP contribution is 2.25. The summed E-state index contributed by atoms with van der Waals surface area (Å²) in [5.74, 6) is 0.500. The van der Waals surface area contributed by atoms with E-state index < -0.39 is 6.09 Å². The van der Waals surface area contributed by atoms with Gasteiger partial charge in [-0.3, -0.25) is 10.3 Å². The molecule has 2 heterocycles. The van der Waals surface area contributed by atoms with Crippen molar-refractivity contribution in [3.05, 3.63) is 79.3 Å². The normalized spacial score (nSPS) is 10.6. The van der Waals surface area contributed by atoms with Crippen LogP contribution in [0.25, 0.3) is 22.0 Å². The quantitative estimate of drug-likeness (QED) is 0.565. The third-order valence-corrected chi connectivity index (χ3v) is 3.88. The summed E-state index contributed by atoms with van der Waals surface area (Å²) < 4.78 is 5.40. The first-order chi connectivity index (χ1) is 12.3. The number of hydrogen-bond acceptors (Lipinski definition) is 3. The lowest BCUT2D eigenvalue weighted by Crippen LogP contribution is -2.16. The zero-order chi connectivity index (χ0) is 17.1. The average Bonchev–Trinajstić information content (AvgIpc) is 3.06. The number of aromatic nitrogens is 2. The molecule has 0 atom stereocenters. The Morgan fingerprint density at radius 3 is 2.60 bits per heavy atom. The first-order valence-electron chi connectivity index (χ1n) is 7.85. The van der Waals surface area contributed by atoms with Crippen LogP contribution in [0.15, 0.2) is 79.3 Å². The van der Waals surface area contributed by atoms with Crippen LogP contribution < -0.4 is 10.1 Å². The molecule has 0 bridgehead atoms. The van der Waals surface area contributed by atoms with Gasteiger partial charge in [-0.25, -0.2) is 4.79 Å². The van der Waals surface area contributed by atoms with Crippen LogP contribution in [0, 0.1) is 0 Å². The molecular weight excluding hydrogens is 314 g/mol. The summed E-state index contributed by atoms with van der Waals surface area (Å²) in [7, 11) is 0. The van der Waals surface area contributed by atoms with Crippen LogP contribution in [0.1, 0.15) is 0 Å². The fraction of sp³-hybridized carbons (Fsp3) is 0. The standard InChI is InChI=1S/C20H15N3O2/c24-20(25-19-13-22-18-6-2-1-5-17(18)19)23-16-9-7-14(8-10-16)15-4-3-11-21-12-15/h1-13,22H,(H,23,24). The van der Waals surface area contributed by atoms with E-state index in [-0.39, 0.29) is 0 Å². The fourth-order valence-electron chi connectivity index (χ4n) is 2.65. The Kier molecular flexibility index (Phi) is 3.88. The third-order valence-electron chi connectivity index (χ3n) is 3.88. The van der Waals surface area contributed by atoms with Gasteiger partial charge in [0.1, 0.15) is 0 Å². The van der Waals surface area contributed by atoms with E-state index in [1.807, 2.05) is 60.7 Å². The molecule has 0 saturated carbocycles. The maximum absolute atomic E-state index is 12.1. The Morgan fingerprint density at radius 2 is 1.80 bits per heavy atom. The van der Waals surface area contributed by atoms with E-state index in [9.17, 15) is 4.79 Å². The number of nitrogens with one attached hydrogen (secondary N) is 2. The SMILES string of the molecule is O=C(Nc1ccc(-c2cccnc2)cc1)Oc1c[nH]c2ccccc12. The first kappa shape index (κ1) is 15.0. The van der Waals surface area contributed by atoms with Crippen molar-refractivity contribution >= 4 is 22.7 Å². The van der Waals surface area contributed by atoms with E-state index in [0.717, 1.165) is 22.0 Å². The number of anilines is 1. The Hall–Kier alpha value is -3.60. The molecule has 122 valence electrons. The second kappa shape index (κ2) is 6.49. The van der Waals surface area contributed by atoms with Crippen molar-refractivity contribution in [2.45, 2.75) is 0 Å². The second-order valence-electron chi connectivity index (χ2n) is 5.53. The zero-order valence-corrected chi connectivity index (χ0v) is 13.3. The van der Waals surface area contributed by atoms with E-state index in [0.29, 0.717) is 11.4 Å². The van der Waals surface area contributed by atoms with Crippen molar-refractivity contribution in [1.29, 1.82) is 0 Å². The number of aromatic amines is 1. The van der Waals surface area contributed by atoms with Crippen LogP contribution in [0.5, 0.6) is 5.75 Å². The van der Waals surface area contributed by atoms with Gasteiger partial charge in [-0.15, -0.1) is 0 Å². The lowest BCUT2D eigenvalue weighted by atomic mass is 10.1. The van der Waals surface area contributed by atoms with Gasteiger partial charge in [-0.2, -0.15) is 0 Å². The molecule has 2 aromatic carbocycles. The fourth-order valence-corrected chi connectivity index (χ4v) is 2.65. The van der Waals surface area contributed by atoms with E-state index in [4.69, 9.17) is 4.74 Å². The topological polar surface area (TPSA) is 67.0 Å². The number of carbonyl (C=O) groups is 1. The number of hydrogen-bond donors (Lipinski definition) is 2. The summed E-state index contributed by atoms with van der Waals surface area (Å²) in [6.45, 7) is 0. The van der Waals surface area contributed by atoms with Crippen LogP contribution in [-0.4, -0.2) is 16.1 Å². The molecule has 0 aliphatic rings. The Morgan fingerprint density at radius 1 is 0.960 bits per heavy atom. The lowest BCUT2D eigenvalue weighted by Gasteiger charge is -2.07. The largest absolute Gasteiger partial charge is 0.417 e. The number of carbonyl (C=O) groups excluding carboxylic acids is 1. The highest BCUT2D eigenvalue weighted by Gasteiger charge is 2.10. The minimum atomic E-state index is -0.529. The molecule has 0 unspecified atom stereocenters. The maximum atomic E-state index is 12.1. The minimum Gasteiger partial charge on any atom is -0.408 e. The van der Waals surface area contributed by atoms with Crippen molar-refractivity contribution in [1.82, 2.24) is 9.97 Å². The monoisotopic (exact) mass is 329 g/mol.